The molecule has 0 bridgehead atoms. The van der Waals surface area contributed by atoms with Crippen LogP contribution in [0.2, 0.25) is 0 Å². The molecule has 0 spiro atoms. The minimum atomic E-state index is -0.923. The molecule has 0 saturated carbocycles. The van der Waals surface area contributed by atoms with Gasteiger partial charge in [-0.05, 0) is 6.07 Å². The van der Waals surface area contributed by atoms with Crippen molar-refractivity contribution in [2.75, 3.05) is 18.9 Å². The first-order valence-corrected chi connectivity index (χ1v) is 4.88. The number of nitrogens with zero attached hydrogens (tertiary/aromatic N) is 2. The van der Waals surface area contributed by atoms with E-state index in [1.54, 1.807) is 0 Å². The lowest BCUT2D eigenvalue weighted by Crippen LogP contribution is -2.34. The summed E-state index contributed by atoms with van der Waals surface area (Å²) in [6.45, 7) is 0.0218. The van der Waals surface area contributed by atoms with Crippen molar-refractivity contribution < 1.29 is 14.9 Å². The Morgan fingerprint density at radius 3 is 3.00 bits per heavy atom. The number of nitrogens with two attached hydrogens (primary N) is 1. The minimum Gasteiger partial charge on any atom is -0.396 e. The van der Waals surface area contributed by atoms with Crippen molar-refractivity contribution in [3.8, 4) is 0 Å². The van der Waals surface area contributed by atoms with E-state index in [0.29, 0.717) is 0 Å². The molecule has 1 aliphatic rings. The van der Waals surface area contributed by atoms with E-state index >= 15 is 0 Å². The summed E-state index contributed by atoms with van der Waals surface area (Å²) in [5.41, 5.74) is 4.77. The Bertz CT molecular complexity index is 433. The van der Waals surface area contributed by atoms with Gasteiger partial charge in [0, 0.05) is 12.1 Å². The summed E-state index contributed by atoms with van der Waals surface area (Å²) in [6, 6.07) is 1.45. The summed E-state index contributed by atoms with van der Waals surface area (Å²) < 4.78 is 6.41. The molecule has 0 unspecified atom stereocenters. The van der Waals surface area contributed by atoms with Crippen LogP contribution >= 0.6 is 0 Å². The first kappa shape index (κ1) is 11.1. The zero-order valence-electron chi connectivity index (χ0n) is 8.48. The van der Waals surface area contributed by atoms with Crippen LogP contribution in [0.1, 0.15) is 6.23 Å². The SMILES string of the molecule is Nc1ccn([C@@H]2OC[C@@H](CO)[C@H]2O)c(=O)n1. The fourth-order valence-corrected chi connectivity index (χ4v) is 1.68. The highest BCUT2D eigenvalue weighted by atomic mass is 16.5. The van der Waals surface area contributed by atoms with Gasteiger partial charge in [-0.1, -0.05) is 0 Å². The summed E-state index contributed by atoms with van der Waals surface area (Å²) in [4.78, 5) is 15.0. The molecule has 4 N–H and O–H groups in total. The number of aliphatic hydroxyl groups excluding tert-OH is 2. The van der Waals surface area contributed by atoms with E-state index in [1.165, 1.54) is 12.3 Å². The lowest BCUT2D eigenvalue weighted by Gasteiger charge is -2.17. The van der Waals surface area contributed by atoms with E-state index in [0.717, 1.165) is 4.57 Å². The second-order valence-corrected chi connectivity index (χ2v) is 3.70. The molecule has 7 nitrogen and oxygen atoms in total. The second-order valence-electron chi connectivity index (χ2n) is 3.70. The third kappa shape index (κ3) is 1.80. The monoisotopic (exact) mass is 227 g/mol. The smallest absolute Gasteiger partial charge is 0.351 e. The fourth-order valence-electron chi connectivity index (χ4n) is 1.68. The van der Waals surface area contributed by atoms with Gasteiger partial charge in [0.05, 0.1) is 13.2 Å². The molecular formula is C9H13N3O4. The number of aliphatic hydroxyl groups is 2. The van der Waals surface area contributed by atoms with Crippen LogP contribution in [-0.4, -0.2) is 39.1 Å². The van der Waals surface area contributed by atoms with Gasteiger partial charge in [-0.15, -0.1) is 0 Å². The number of hydrogen-bond donors (Lipinski definition) is 3. The summed E-state index contributed by atoms with van der Waals surface area (Å²) >= 11 is 0. The molecular weight excluding hydrogens is 214 g/mol. The average Bonchev–Trinajstić information content (AvgIpc) is 2.60. The van der Waals surface area contributed by atoms with Crippen molar-refractivity contribution in [1.82, 2.24) is 9.55 Å². The van der Waals surface area contributed by atoms with E-state index in [-0.39, 0.29) is 24.9 Å². The van der Waals surface area contributed by atoms with Crippen molar-refractivity contribution in [3.05, 3.63) is 22.7 Å². The zero-order chi connectivity index (χ0) is 11.7. The Hall–Kier alpha value is -1.44. The largest absolute Gasteiger partial charge is 0.396 e. The zero-order valence-corrected chi connectivity index (χ0v) is 8.48. The Balaban J connectivity index is 2.29. The third-order valence-electron chi connectivity index (χ3n) is 2.62. The Morgan fingerprint density at radius 2 is 2.44 bits per heavy atom. The van der Waals surface area contributed by atoms with Crippen LogP contribution in [0.4, 0.5) is 5.82 Å². The number of hydrogen-bond acceptors (Lipinski definition) is 6. The molecule has 0 aromatic carbocycles. The number of ether oxygens (including phenoxy) is 1. The standard InChI is InChI=1S/C9H13N3O4/c10-6-1-2-12(9(15)11-6)8-7(14)5(3-13)4-16-8/h1-2,5,7-8,13-14H,3-4H2,(H2,10,11,15)/t5-,7-,8-/m1/s1. The van der Waals surface area contributed by atoms with E-state index < -0.39 is 18.0 Å². The van der Waals surface area contributed by atoms with E-state index in [1.807, 2.05) is 0 Å². The summed E-state index contributed by atoms with van der Waals surface area (Å²) in [5.74, 6) is -0.262. The molecule has 0 radical (unpaired) electrons. The van der Waals surface area contributed by atoms with Crippen molar-refractivity contribution in [3.63, 3.8) is 0 Å². The van der Waals surface area contributed by atoms with Crippen LogP contribution in [0.3, 0.4) is 0 Å². The van der Waals surface area contributed by atoms with Crippen LogP contribution in [0.25, 0.3) is 0 Å². The molecule has 0 amide bonds. The fraction of sp³-hybridized carbons (Fsp3) is 0.556. The van der Waals surface area contributed by atoms with Crippen LogP contribution in [0.5, 0.6) is 0 Å². The van der Waals surface area contributed by atoms with Gasteiger partial charge in [-0.3, -0.25) is 4.57 Å². The van der Waals surface area contributed by atoms with Gasteiger partial charge < -0.3 is 20.7 Å². The number of anilines is 1. The summed E-state index contributed by atoms with van der Waals surface area (Å²) in [6.07, 6.45) is -0.316. The maximum absolute atomic E-state index is 11.5. The van der Waals surface area contributed by atoms with Crippen LogP contribution in [-0.2, 0) is 4.74 Å². The van der Waals surface area contributed by atoms with Gasteiger partial charge in [0.2, 0.25) is 0 Å². The number of aromatic nitrogens is 2. The maximum Gasteiger partial charge on any atom is 0.351 e. The molecule has 1 fully saturated rings. The highest BCUT2D eigenvalue weighted by molar-refractivity contribution is 5.23. The van der Waals surface area contributed by atoms with Gasteiger partial charge in [0.1, 0.15) is 11.9 Å². The predicted octanol–water partition coefficient (Wildman–Crippen LogP) is -1.68. The Kier molecular flexibility index (Phi) is 2.90. The second kappa shape index (κ2) is 4.20. The quantitative estimate of drug-likeness (QED) is 0.556. The predicted molar refractivity (Wildman–Crippen MR) is 54.5 cm³/mol. The molecule has 3 atom stereocenters. The topological polar surface area (TPSA) is 111 Å². The van der Waals surface area contributed by atoms with E-state index in [9.17, 15) is 9.90 Å². The normalized spacial score (nSPS) is 29.5. The molecule has 16 heavy (non-hydrogen) atoms. The van der Waals surface area contributed by atoms with Crippen molar-refractivity contribution >= 4 is 5.82 Å². The number of rotatable bonds is 2. The highest BCUT2D eigenvalue weighted by Crippen LogP contribution is 2.26. The number of nitrogen functional groups attached to an aromatic ring is 1. The van der Waals surface area contributed by atoms with Crippen molar-refractivity contribution in [1.29, 1.82) is 0 Å². The van der Waals surface area contributed by atoms with Gasteiger partial charge in [-0.2, -0.15) is 4.98 Å². The minimum absolute atomic E-state index is 0.118. The molecule has 0 aliphatic carbocycles. The first-order chi connectivity index (χ1) is 7.63. The first-order valence-electron chi connectivity index (χ1n) is 4.88. The summed E-state index contributed by atoms with van der Waals surface area (Å²) in [5, 5.41) is 18.7. The Labute approximate surface area is 91.1 Å². The third-order valence-corrected chi connectivity index (χ3v) is 2.62. The molecule has 2 rings (SSSR count). The molecule has 88 valence electrons. The summed E-state index contributed by atoms with van der Waals surface area (Å²) in [7, 11) is 0. The highest BCUT2D eigenvalue weighted by Gasteiger charge is 2.37. The van der Waals surface area contributed by atoms with Crippen molar-refractivity contribution in [2.45, 2.75) is 12.3 Å². The Morgan fingerprint density at radius 1 is 1.69 bits per heavy atom. The maximum atomic E-state index is 11.5. The van der Waals surface area contributed by atoms with E-state index in [4.69, 9.17) is 15.6 Å². The molecule has 2 heterocycles. The lowest BCUT2D eigenvalue weighted by atomic mass is 10.1. The van der Waals surface area contributed by atoms with Crippen LogP contribution in [0.15, 0.2) is 17.1 Å². The molecule has 7 heteroatoms. The molecule has 1 saturated heterocycles. The molecule has 1 aromatic rings. The van der Waals surface area contributed by atoms with Crippen LogP contribution < -0.4 is 11.4 Å². The molecule has 1 aliphatic heterocycles. The van der Waals surface area contributed by atoms with Gasteiger partial charge in [0.15, 0.2) is 6.23 Å². The van der Waals surface area contributed by atoms with E-state index in [2.05, 4.69) is 4.98 Å². The van der Waals surface area contributed by atoms with Gasteiger partial charge >= 0.3 is 5.69 Å². The van der Waals surface area contributed by atoms with Gasteiger partial charge in [-0.25, -0.2) is 4.79 Å². The van der Waals surface area contributed by atoms with Crippen LogP contribution in [0, 0.1) is 5.92 Å². The lowest BCUT2D eigenvalue weighted by molar-refractivity contribution is -0.0161. The van der Waals surface area contributed by atoms with Crippen molar-refractivity contribution in [2.24, 2.45) is 5.92 Å². The average molecular weight is 227 g/mol. The van der Waals surface area contributed by atoms with Gasteiger partial charge in [0.25, 0.3) is 0 Å². The molecule has 1 aromatic heterocycles.